The van der Waals surface area contributed by atoms with Crippen molar-refractivity contribution < 1.29 is 9.13 Å². The van der Waals surface area contributed by atoms with Crippen LogP contribution in [0, 0.1) is 5.82 Å². The summed E-state index contributed by atoms with van der Waals surface area (Å²) in [6.45, 7) is 0. The fourth-order valence-corrected chi connectivity index (χ4v) is 3.58. The van der Waals surface area contributed by atoms with E-state index in [1.54, 1.807) is 48.2 Å². The molecule has 4 aromatic rings. The second-order valence-corrected chi connectivity index (χ2v) is 6.68. The Morgan fingerprint density at radius 1 is 1.07 bits per heavy atom. The van der Waals surface area contributed by atoms with Crippen LogP contribution in [-0.2, 0) is 5.75 Å². The van der Waals surface area contributed by atoms with Crippen LogP contribution in [0.15, 0.2) is 70.9 Å². The van der Waals surface area contributed by atoms with E-state index in [-0.39, 0.29) is 17.0 Å². The summed E-state index contributed by atoms with van der Waals surface area (Å²) in [6, 6.07) is 13.6. The lowest BCUT2D eigenvalue weighted by molar-refractivity contribution is 0.412. The standard InChI is InChI=1S/C19H15FN4O2S/c1-26-16-5-3-2-4-15(16)23-10-11-24-17(18(23)25)21-22-19(24)27-12-13-6-8-14(20)9-7-13/h2-11H,12H2,1H3. The fraction of sp³-hybridized carbons (Fsp3) is 0.105. The van der Waals surface area contributed by atoms with E-state index in [2.05, 4.69) is 10.2 Å². The SMILES string of the molecule is COc1ccccc1-n1ccn2c(SCc3ccc(F)cc3)nnc2c1=O. The van der Waals surface area contributed by atoms with Crippen LogP contribution in [0.25, 0.3) is 11.3 Å². The van der Waals surface area contributed by atoms with Gasteiger partial charge in [-0.2, -0.15) is 0 Å². The molecule has 2 aromatic carbocycles. The molecule has 0 radical (unpaired) electrons. The number of fused-ring (bicyclic) bond motifs is 1. The molecule has 0 bridgehead atoms. The van der Waals surface area contributed by atoms with Crippen molar-refractivity contribution in [3.05, 3.63) is 82.7 Å². The molecule has 4 rings (SSSR count). The second kappa shape index (κ2) is 7.24. The van der Waals surface area contributed by atoms with Gasteiger partial charge in [-0.15, -0.1) is 10.2 Å². The summed E-state index contributed by atoms with van der Waals surface area (Å²) >= 11 is 1.43. The van der Waals surface area contributed by atoms with Gasteiger partial charge < -0.3 is 4.74 Å². The molecule has 136 valence electrons. The molecule has 0 aliphatic carbocycles. The van der Waals surface area contributed by atoms with Gasteiger partial charge in [0.25, 0.3) is 0 Å². The number of halogens is 1. The fourth-order valence-electron chi connectivity index (χ4n) is 2.71. The molecule has 0 aliphatic rings. The molecular weight excluding hydrogens is 367 g/mol. The molecule has 0 unspecified atom stereocenters. The summed E-state index contributed by atoms with van der Waals surface area (Å²) in [5.74, 6) is 0.916. The van der Waals surface area contributed by atoms with Gasteiger partial charge in [-0.3, -0.25) is 13.8 Å². The number of hydrogen-bond donors (Lipinski definition) is 0. The van der Waals surface area contributed by atoms with Crippen LogP contribution < -0.4 is 10.3 Å². The molecule has 8 heteroatoms. The quantitative estimate of drug-likeness (QED) is 0.496. The van der Waals surface area contributed by atoms with E-state index >= 15 is 0 Å². The van der Waals surface area contributed by atoms with Gasteiger partial charge in [0.05, 0.1) is 12.8 Å². The number of hydrogen-bond acceptors (Lipinski definition) is 5. The van der Waals surface area contributed by atoms with Gasteiger partial charge in [-0.1, -0.05) is 36.0 Å². The second-order valence-electron chi connectivity index (χ2n) is 5.74. The summed E-state index contributed by atoms with van der Waals surface area (Å²) in [4.78, 5) is 12.9. The first kappa shape index (κ1) is 17.3. The van der Waals surface area contributed by atoms with Gasteiger partial charge >= 0.3 is 5.56 Å². The Kier molecular flexibility index (Phi) is 4.64. The Labute approximate surface area is 158 Å². The summed E-state index contributed by atoms with van der Waals surface area (Å²) < 4.78 is 21.5. The Morgan fingerprint density at radius 2 is 1.85 bits per heavy atom. The van der Waals surface area contributed by atoms with Crippen LogP contribution in [0.1, 0.15) is 5.56 Å². The van der Waals surface area contributed by atoms with E-state index in [0.717, 1.165) is 5.56 Å². The van der Waals surface area contributed by atoms with Crippen molar-refractivity contribution in [1.82, 2.24) is 19.2 Å². The summed E-state index contributed by atoms with van der Waals surface area (Å²) in [6.07, 6.45) is 3.41. The molecule has 2 heterocycles. The van der Waals surface area contributed by atoms with Gasteiger partial charge in [-0.05, 0) is 29.8 Å². The third-order valence-corrected chi connectivity index (χ3v) is 5.08. The molecule has 0 aliphatic heterocycles. The third-order valence-electron chi connectivity index (χ3n) is 4.07. The van der Waals surface area contributed by atoms with Crippen molar-refractivity contribution in [1.29, 1.82) is 0 Å². The van der Waals surface area contributed by atoms with Gasteiger partial charge in [0.1, 0.15) is 11.6 Å². The van der Waals surface area contributed by atoms with Gasteiger partial charge in [-0.25, -0.2) is 4.39 Å². The maximum absolute atomic E-state index is 13.0. The van der Waals surface area contributed by atoms with Crippen molar-refractivity contribution in [2.45, 2.75) is 10.9 Å². The van der Waals surface area contributed by atoms with Crippen molar-refractivity contribution in [3.63, 3.8) is 0 Å². The highest BCUT2D eigenvalue weighted by molar-refractivity contribution is 7.98. The van der Waals surface area contributed by atoms with E-state index in [0.29, 0.717) is 22.3 Å². The minimum atomic E-state index is -0.289. The highest BCUT2D eigenvalue weighted by Gasteiger charge is 2.14. The molecule has 0 amide bonds. The average Bonchev–Trinajstić information content (AvgIpc) is 3.12. The maximum atomic E-state index is 13.0. The molecule has 0 spiro atoms. The van der Waals surface area contributed by atoms with Crippen molar-refractivity contribution in [2.75, 3.05) is 7.11 Å². The number of para-hydroxylation sites is 2. The Balaban J connectivity index is 1.67. The summed E-state index contributed by atoms with van der Waals surface area (Å²) in [7, 11) is 1.56. The minimum Gasteiger partial charge on any atom is -0.495 e. The molecule has 0 fully saturated rings. The smallest absolute Gasteiger partial charge is 0.300 e. The predicted octanol–water partition coefficient (Wildman–Crippen LogP) is 3.32. The van der Waals surface area contributed by atoms with Gasteiger partial charge in [0, 0.05) is 18.1 Å². The number of thioether (sulfide) groups is 1. The Bertz CT molecular complexity index is 1150. The van der Waals surface area contributed by atoms with E-state index < -0.39 is 0 Å². The van der Waals surface area contributed by atoms with Crippen LogP contribution in [0.4, 0.5) is 4.39 Å². The van der Waals surface area contributed by atoms with Gasteiger partial charge in [0.15, 0.2) is 5.16 Å². The van der Waals surface area contributed by atoms with Gasteiger partial charge in [0.2, 0.25) is 5.65 Å². The lowest BCUT2D eigenvalue weighted by atomic mass is 10.2. The van der Waals surface area contributed by atoms with Crippen molar-refractivity contribution >= 4 is 17.4 Å². The zero-order valence-corrected chi connectivity index (χ0v) is 15.2. The molecule has 0 saturated carbocycles. The predicted molar refractivity (Wildman–Crippen MR) is 101 cm³/mol. The van der Waals surface area contributed by atoms with Crippen molar-refractivity contribution in [2.24, 2.45) is 0 Å². The third kappa shape index (κ3) is 3.31. The Morgan fingerprint density at radius 3 is 2.63 bits per heavy atom. The normalized spacial score (nSPS) is 11.0. The molecule has 0 N–H and O–H groups in total. The lowest BCUT2D eigenvalue weighted by Gasteiger charge is -2.10. The van der Waals surface area contributed by atoms with Crippen LogP contribution in [0.2, 0.25) is 0 Å². The number of nitrogens with zero attached hydrogens (tertiary/aromatic N) is 4. The molecule has 27 heavy (non-hydrogen) atoms. The first-order valence-electron chi connectivity index (χ1n) is 8.14. The average molecular weight is 382 g/mol. The monoisotopic (exact) mass is 382 g/mol. The summed E-state index contributed by atoms with van der Waals surface area (Å²) in [5.41, 5.74) is 1.53. The topological polar surface area (TPSA) is 61.4 Å². The maximum Gasteiger partial charge on any atom is 0.300 e. The van der Waals surface area contributed by atoms with Crippen LogP contribution in [-0.4, -0.2) is 26.3 Å². The van der Waals surface area contributed by atoms with E-state index in [9.17, 15) is 9.18 Å². The van der Waals surface area contributed by atoms with E-state index in [1.807, 2.05) is 12.1 Å². The van der Waals surface area contributed by atoms with Crippen LogP contribution in [0.5, 0.6) is 5.75 Å². The molecular formula is C19H15FN4O2S. The molecule has 2 aromatic heterocycles. The lowest BCUT2D eigenvalue weighted by Crippen LogP contribution is -2.20. The number of ether oxygens (including phenoxy) is 1. The van der Waals surface area contributed by atoms with Crippen LogP contribution >= 0.6 is 11.8 Å². The molecule has 0 atom stereocenters. The number of benzene rings is 2. The number of aromatic nitrogens is 4. The molecule has 6 nitrogen and oxygen atoms in total. The number of methoxy groups -OCH3 is 1. The van der Waals surface area contributed by atoms with E-state index in [4.69, 9.17) is 4.74 Å². The molecule has 0 saturated heterocycles. The number of rotatable bonds is 5. The van der Waals surface area contributed by atoms with E-state index in [1.165, 1.54) is 28.5 Å². The summed E-state index contributed by atoms with van der Waals surface area (Å²) in [5, 5.41) is 8.76. The zero-order chi connectivity index (χ0) is 18.8. The van der Waals surface area contributed by atoms with Crippen LogP contribution in [0.3, 0.4) is 0 Å². The highest BCUT2D eigenvalue weighted by Crippen LogP contribution is 2.23. The minimum absolute atomic E-state index is 0.227. The van der Waals surface area contributed by atoms with Crippen molar-refractivity contribution in [3.8, 4) is 11.4 Å². The Hall–Kier alpha value is -3.13. The highest BCUT2D eigenvalue weighted by atomic mass is 32.2. The zero-order valence-electron chi connectivity index (χ0n) is 14.4. The first-order chi connectivity index (χ1) is 13.2. The largest absolute Gasteiger partial charge is 0.495 e. The first-order valence-corrected chi connectivity index (χ1v) is 9.13.